The number of anilines is 1. The van der Waals surface area contributed by atoms with Crippen molar-refractivity contribution in [1.82, 2.24) is 15.2 Å². The average Bonchev–Trinajstić information content (AvgIpc) is 3.48. The Balaban J connectivity index is 1.38. The van der Waals surface area contributed by atoms with Gasteiger partial charge in [-0.25, -0.2) is 14.6 Å². The maximum absolute atomic E-state index is 14.0. The molecule has 13 heteroatoms. The van der Waals surface area contributed by atoms with Gasteiger partial charge in [0.2, 0.25) is 5.91 Å². The number of nitrogens with two attached hydrogens (primary N) is 1. The molecule has 1 aliphatic carbocycles. The number of benzene rings is 1. The molecule has 3 aromatic rings. The molecular weight excluding hydrogens is 701 g/mol. The Labute approximate surface area is 311 Å². The fourth-order valence-electron chi connectivity index (χ4n) is 8.26. The molecular formula is C39H46N4O7S2. The van der Waals surface area contributed by atoms with Crippen LogP contribution < -0.4 is 21.4 Å². The molecule has 1 fully saturated rings. The summed E-state index contributed by atoms with van der Waals surface area (Å²) < 4.78 is 19.5. The van der Waals surface area contributed by atoms with Crippen molar-refractivity contribution >= 4 is 50.3 Å². The fraction of sp³-hybridized carbons (Fsp3) is 0.487. The number of aliphatic hydroxyl groups is 1. The number of nitrogen functional groups attached to an aromatic ring is 1. The Morgan fingerprint density at radius 1 is 1.23 bits per heavy atom. The number of pyridine rings is 1. The normalized spacial score (nSPS) is 27.3. The molecule has 52 heavy (non-hydrogen) atoms. The van der Waals surface area contributed by atoms with Crippen LogP contribution in [0.1, 0.15) is 61.8 Å². The second kappa shape index (κ2) is 14.6. The number of hydrogen-bond donors (Lipinski definition) is 3. The lowest BCUT2D eigenvalue weighted by atomic mass is 9.61. The van der Waals surface area contributed by atoms with Gasteiger partial charge in [-0.15, -0.1) is 0 Å². The molecule has 1 aromatic carbocycles. The van der Waals surface area contributed by atoms with Crippen LogP contribution in [0.2, 0.25) is 0 Å². The van der Waals surface area contributed by atoms with Crippen LogP contribution in [0.4, 0.5) is 5.82 Å². The third-order valence-corrected chi connectivity index (χ3v) is 13.7. The predicted molar refractivity (Wildman–Crippen MR) is 205 cm³/mol. The largest absolute Gasteiger partial charge is 0.481 e. The van der Waals surface area contributed by atoms with E-state index in [2.05, 4.69) is 16.4 Å². The quantitative estimate of drug-likeness (QED) is 0.101. The molecule has 11 nitrogen and oxygen atoms in total. The molecule has 1 saturated heterocycles. The lowest BCUT2D eigenvalue weighted by molar-refractivity contribution is -0.183. The van der Waals surface area contributed by atoms with Crippen LogP contribution in [0.25, 0.3) is 11.0 Å². The number of nitrogens with one attached hydrogen (secondary N) is 1. The van der Waals surface area contributed by atoms with Crippen molar-refractivity contribution in [3.05, 3.63) is 86.4 Å². The van der Waals surface area contributed by atoms with Crippen LogP contribution in [0.3, 0.4) is 0 Å². The van der Waals surface area contributed by atoms with Crippen LogP contribution in [0, 0.1) is 5.92 Å². The van der Waals surface area contributed by atoms with Gasteiger partial charge in [0.15, 0.2) is 11.2 Å². The number of allylic oxidation sites excluding steroid dienone is 1. The van der Waals surface area contributed by atoms with Gasteiger partial charge in [-0.05, 0) is 75.5 Å². The second-order valence-corrected chi connectivity index (χ2v) is 17.0. The molecule has 1 amide bonds. The summed E-state index contributed by atoms with van der Waals surface area (Å²) in [5.41, 5.74) is 8.57. The number of ether oxygens (including phenoxy) is 2. The second-order valence-electron chi connectivity index (χ2n) is 14.5. The van der Waals surface area contributed by atoms with E-state index in [1.807, 2.05) is 37.1 Å². The molecule has 5 atom stereocenters. The minimum absolute atomic E-state index is 0.0291. The zero-order valence-corrected chi connectivity index (χ0v) is 31.7. The topological polar surface area (TPSA) is 157 Å². The summed E-state index contributed by atoms with van der Waals surface area (Å²) in [5, 5.41) is 13.4. The summed E-state index contributed by atoms with van der Waals surface area (Å²) >= 11 is 0. The van der Waals surface area contributed by atoms with Crippen molar-refractivity contribution < 1.29 is 28.6 Å². The third-order valence-electron chi connectivity index (χ3n) is 11.3. The highest BCUT2D eigenvalue weighted by Gasteiger charge is 2.64. The van der Waals surface area contributed by atoms with Crippen molar-refractivity contribution in [3.8, 4) is 5.75 Å². The van der Waals surface area contributed by atoms with Gasteiger partial charge in [0.1, 0.15) is 17.2 Å². The minimum Gasteiger partial charge on any atom is -0.481 e. The van der Waals surface area contributed by atoms with Crippen molar-refractivity contribution in [2.45, 2.75) is 76.0 Å². The Bertz CT molecular complexity index is 2030. The molecule has 5 heterocycles. The molecule has 4 aliphatic rings. The van der Waals surface area contributed by atoms with Gasteiger partial charge in [0.25, 0.3) is 0 Å². The highest BCUT2D eigenvalue weighted by Crippen LogP contribution is 2.58. The van der Waals surface area contributed by atoms with E-state index in [-0.39, 0.29) is 25.0 Å². The van der Waals surface area contributed by atoms with Gasteiger partial charge in [-0.2, -0.15) is 0 Å². The summed E-state index contributed by atoms with van der Waals surface area (Å²) in [5.74, 6) is 1.88. The Morgan fingerprint density at radius 2 is 2.06 bits per heavy atom. The summed E-state index contributed by atoms with van der Waals surface area (Å²) in [6.07, 6.45) is 7.38. The molecule has 1 spiro atoms. The molecule has 4 N–H and O–H groups in total. The van der Waals surface area contributed by atoms with Crippen LogP contribution >= 0.6 is 21.6 Å². The molecule has 0 radical (unpaired) electrons. The highest BCUT2D eigenvalue weighted by molar-refractivity contribution is 8.76. The average molecular weight is 747 g/mol. The van der Waals surface area contributed by atoms with Gasteiger partial charge in [0.05, 0.1) is 12.3 Å². The number of aliphatic hydroxyl groups excluding tert-OH is 1. The Kier molecular flexibility index (Phi) is 10.2. The number of rotatable bonds is 7. The fourth-order valence-corrected chi connectivity index (χ4v) is 10.8. The number of carbonyl (C=O) groups excluding carboxylic acids is 2. The number of aromatic nitrogens is 1. The molecule has 2 aromatic heterocycles. The van der Waals surface area contributed by atoms with E-state index in [4.69, 9.17) is 19.6 Å². The Morgan fingerprint density at radius 3 is 2.83 bits per heavy atom. The first kappa shape index (κ1) is 36.6. The molecule has 7 rings (SSSR count). The molecule has 0 saturated carbocycles. The van der Waals surface area contributed by atoms with Crippen LogP contribution in [-0.4, -0.2) is 82.4 Å². The molecule has 0 unspecified atom stereocenters. The van der Waals surface area contributed by atoms with E-state index in [1.54, 1.807) is 53.8 Å². The van der Waals surface area contributed by atoms with Crippen LogP contribution in [-0.2, 0) is 33.6 Å². The van der Waals surface area contributed by atoms with Crippen molar-refractivity contribution in [2.75, 3.05) is 44.0 Å². The van der Waals surface area contributed by atoms with Crippen molar-refractivity contribution in [1.29, 1.82) is 0 Å². The zero-order valence-electron chi connectivity index (χ0n) is 30.0. The van der Waals surface area contributed by atoms with Gasteiger partial charge in [-0.3, -0.25) is 4.79 Å². The van der Waals surface area contributed by atoms with Gasteiger partial charge in [0, 0.05) is 84.8 Å². The lowest BCUT2D eigenvalue weighted by Crippen LogP contribution is -2.64. The van der Waals surface area contributed by atoms with Crippen LogP contribution in [0.15, 0.2) is 63.0 Å². The highest BCUT2D eigenvalue weighted by atomic mass is 33.1. The number of nitrogens with zero attached hydrogens (tertiary/aromatic N) is 2. The molecule has 0 bridgehead atoms. The number of hydrogen-bond acceptors (Lipinski definition) is 12. The van der Waals surface area contributed by atoms with E-state index in [9.17, 15) is 19.5 Å². The van der Waals surface area contributed by atoms with E-state index >= 15 is 0 Å². The number of carbonyl (C=O) groups is 2. The summed E-state index contributed by atoms with van der Waals surface area (Å²) in [6.45, 7) is 7.00. The number of esters is 1. The van der Waals surface area contributed by atoms with Crippen LogP contribution in [0.5, 0.6) is 5.75 Å². The maximum Gasteiger partial charge on any atom is 0.339 e. The number of fused-ring (bicyclic) bond motifs is 7. The predicted octanol–water partition coefficient (Wildman–Crippen LogP) is 4.73. The zero-order chi connectivity index (χ0) is 36.8. The first-order chi connectivity index (χ1) is 25.0. The number of aryl methyl sites for hydroxylation is 1. The van der Waals surface area contributed by atoms with Gasteiger partial charge in [-0.1, -0.05) is 39.3 Å². The first-order valence-corrected chi connectivity index (χ1v) is 20.4. The summed E-state index contributed by atoms with van der Waals surface area (Å²) in [7, 11) is 5.48. The van der Waals surface area contributed by atoms with Crippen molar-refractivity contribution in [2.24, 2.45) is 5.92 Å². The van der Waals surface area contributed by atoms with E-state index in [0.29, 0.717) is 72.2 Å². The standard InChI is InChI=1S/C39H46N4O7S2/c1-5-22(2)36(46)50-38(3)9-8-24-20-51-52-21-30-28(17-41-4)19-43(30)34(45)13-27-18-42-33(40)14-29(27)35(24)39(38)16-26-12-25-11-23(7-6-10-44)37(47)48-31(25)15-32(26)49-39/h5,8,11-12,14-15,18,28,30,35,41,44H,6-7,9-10,13,16-17,19-21H2,1-4H3,(H2,40,42)/b22-5+/t28-,30+,35-,38+,39+/m0/s1. The minimum atomic E-state index is -1.17. The third kappa shape index (κ3) is 6.43. The van der Waals surface area contributed by atoms with Gasteiger partial charge >= 0.3 is 11.6 Å². The summed E-state index contributed by atoms with van der Waals surface area (Å²) in [6, 6.07) is 7.56. The molecule has 3 aliphatic heterocycles. The van der Waals surface area contributed by atoms with E-state index < -0.39 is 28.7 Å². The van der Waals surface area contributed by atoms with Crippen molar-refractivity contribution in [3.63, 3.8) is 0 Å². The Hall–Kier alpha value is -3.78. The lowest BCUT2D eigenvalue weighted by Gasteiger charge is -2.52. The maximum atomic E-state index is 14.0. The van der Waals surface area contributed by atoms with Gasteiger partial charge < -0.3 is 34.9 Å². The SMILES string of the molecule is C/C=C(\C)C(=O)O[C@]1(C)CC=C2CSSC[C@@H]3[C@@H](CNC)CN3C(=O)Cc3cnc(N)cc3[C@H]2[C@]12Cc1cc3cc(CCCO)c(=O)oc3cc1O2. The van der Waals surface area contributed by atoms with E-state index in [1.165, 1.54) is 0 Å². The van der Waals surface area contributed by atoms with E-state index in [0.717, 1.165) is 39.9 Å². The first-order valence-electron chi connectivity index (χ1n) is 17.9. The number of amides is 1. The monoisotopic (exact) mass is 746 g/mol. The smallest absolute Gasteiger partial charge is 0.339 e. The summed E-state index contributed by atoms with van der Waals surface area (Å²) in [4.78, 5) is 47.0. The molecule has 276 valence electrons.